The molecule has 3 amide bonds. The third-order valence-corrected chi connectivity index (χ3v) is 8.46. The number of hydroxylamine groups is 1. The molecular formula is C27H35N5O6. The van der Waals surface area contributed by atoms with Crippen LogP contribution in [0.2, 0.25) is 0 Å². The van der Waals surface area contributed by atoms with Gasteiger partial charge in [-0.2, -0.15) is 5.26 Å². The van der Waals surface area contributed by atoms with E-state index in [4.69, 9.17) is 14.7 Å². The zero-order valence-electron chi connectivity index (χ0n) is 21.7. The van der Waals surface area contributed by atoms with Crippen molar-refractivity contribution in [3.05, 3.63) is 29.3 Å². The van der Waals surface area contributed by atoms with E-state index in [-0.39, 0.29) is 17.4 Å². The molecule has 5 rings (SSSR count). The number of anilines is 1. The van der Waals surface area contributed by atoms with Gasteiger partial charge in [0.25, 0.3) is 0 Å². The largest absolute Gasteiger partial charge is 0.446 e. The number of rotatable bonds is 4. The van der Waals surface area contributed by atoms with Gasteiger partial charge in [0.05, 0.1) is 30.8 Å². The van der Waals surface area contributed by atoms with Crippen LogP contribution in [0, 0.1) is 29.6 Å². The Morgan fingerprint density at radius 2 is 1.87 bits per heavy atom. The molecule has 4 aliphatic rings. The average Bonchev–Trinajstić information content (AvgIpc) is 3.70. The highest BCUT2D eigenvalue weighted by atomic mass is 16.6. The summed E-state index contributed by atoms with van der Waals surface area (Å²) in [5.74, 6) is -1.80. The van der Waals surface area contributed by atoms with Gasteiger partial charge in [0.2, 0.25) is 11.8 Å². The summed E-state index contributed by atoms with van der Waals surface area (Å²) >= 11 is 0. The Balaban J connectivity index is 1.33. The van der Waals surface area contributed by atoms with Crippen molar-refractivity contribution in [3.8, 4) is 6.07 Å². The fourth-order valence-electron chi connectivity index (χ4n) is 6.10. The van der Waals surface area contributed by atoms with Crippen molar-refractivity contribution >= 4 is 23.6 Å². The van der Waals surface area contributed by atoms with Gasteiger partial charge in [0.1, 0.15) is 12.1 Å². The van der Waals surface area contributed by atoms with Crippen molar-refractivity contribution in [2.45, 2.75) is 51.2 Å². The number of benzene rings is 1. The summed E-state index contributed by atoms with van der Waals surface area (Å²) < 4.78 is 11.2. The van der Waals surface area contributed by atoms with Crippen molar-refractivity contribution in [3.63, 3.8) is 0 Å². The van der Waals surface area contributed by atoms with Crippen LogP contribution in [-0.4, -0.2) is 91.0 Å². The molecule has 4 fully saturated rings. The number of nitrogens with one attached hydrogen (secondary N) is 1. The van der Waals surface area contributed by atoms with Crippen LogP contribution in [0.1, 0.15) is 43.2 Å². The first kappa shape index (κ1) is 26.3. The second-order valence-corrected chi connectivity index (χ2v) is 11.0. The topological polar surface area (TPSA) is 135 Å². The Bertz CT molecular complexity index is 1120. The molecule has 1 aromatic rings. The Hall–Kier alpha value is -3.36. The second kappa shape index (κ2) is 10.8. The lowest BCUT2D eigenvalue weighted by Crippen LogP contribution is -2.64. The molecule has 0 radical (unpaired) electrons. The van der Waals surface area contributed by atoms with Gasteiger partial charge in [0.15, 0.2) is 0 Å². The Morgan fingerprint density at radius 1 is 1.16 bits per heavy atom. The van der Waals surface area contributed by atoms with Crippen LogP contribution >= 0.6 is 0 Å². The maximum atomic E-state index is 14.0. The maximum Gasteiger partial charge on any atom is 0.410 e. The molecule has 0 bridgehead atoms. The summed E-state index contributed by atoms with van der Waals surface area (Å²) in [7, 11) is 0. The molecule has 11 nitrogen and oxygen atoms in total. The summed E-state index contributed by atoms with van der Waals surface area (Å²) in [6, 6.07) is 6.68. The number of piperazine rings is 1. The van der Waals surface area contributed by atoms with E-state index in [1.165, 1.54) is 4.90 Å². The third-order valence-electron chi connectivity index (χ3n) is 8.46. The van der Waals surface area contributed by atoms with Gasteiger partial charge in [-0.05, 0) is 55.4 Å². The van der Waals surface area contributed by atoms with Crippen molar-refractivity contribution in [2.75, 3.05) is 50.8 Å². The minimum Gasteiger partial charge on any atom is -0.446 e. The minimum absolute atomic E-state index is 0.214. The first-order valence-electron chi connectivity index (χ1n) is 13.4. The van der Waals surface area contributed by atoms with Crippen molar-refractivity contribution in [1.29, 1.82) is 5.26 Å². The summed E-state index contributed by atoms with van der Waals surface area (Å²) in [4.78, 5) is 45.5. The molecule has 11 heteroatoms. The van der Waals surface area contributed by atoms with Crippen LogP contribution in [-0.2, 0) is 19.1 Å². The molecule has 3 aliphatic heterocycles. The van der Waals surface area contributed by atoms with Crippen molar-refractivity contribution < 1.29 is 29.1 Å². The lowest BCUT2D eigenvalue weighted by molar-refractivity contribution is -0.151. The van der Waals surface area contributed by atoms with Crippen LogP contribution in [0.5, 0.6) is 0 Å². The zero-order valence-corrected chi connectivity index (χ0v) is 21.7. The average molecular weight is 526 g/mol. The van der Waals surface area contributed by atoms with Gasteiger partial charge in [-0.3, -0.25) is 19.7 Å². The number of aryl methyl sites for hydroxylation is 1. The zero-order chi connectivity index (χ0) is 26.9. The Kier molecular flexibility index (Phi) is 7.45. The van der Waals surface area contributed by atoms with Crippen LogP contribution in [0.25, 0.3) is 0 Å². The highest BCUT2D eigenvalue weighted by Crippen LogP contribution is 2.55. The highest BCUT2D eigenvalue weighted by Gasteiger charge is 2.58. The highest BCUT2D eigenvalue weighted by molar-refractivity contribution is 5.93. The first-order chi connectivity index (χ1) is 18.3. The molecule has 3 heterocycles. The fraction of sp³-hybridized carbons (Fsp3) is 0.630. The molecule has 1 aliphatic carbocycles. The standard InChI is InChI=1S/C27H35N5O6/c1-18-14-19(16-28)2-3-22(18)30-8-10-31(11-9-30)25(34)23-21(24(33)29-36)15-27(6-7-27)17-32(23)26(35)38-20-4-12-37-13-5-20/h2-3,14,20-21,23,36H,4-13,15,17H2,1H3,(H,29,33). The third kappa shape index (κ3) is 5.28. The van der Waals surface area contributed by atoms with E-state index < -0.39 is 24.0 Å². The molecule has 2 unspecified atom stereocenters. The van der Waals surface area contributed by atoms with Crippen LogP contribution in [0.3, 0.4) is 0 Å². The Labute approximate surface area is 222 Å². The number of carbonyl (C=O) groups excluding carboxylic acids is 3. The molecule has 1 saturated carbocycles. The molecular weight excluding hydrogens is 490 g/mol. The smallest absolute Gasteiger partial charge is 0.410 e. The number of piperidine rings is 1. The number of amides is 3. The van der Waals surface area contributed by atoms with E-state index >= 15 is 0 Å². The van der Waals surface area contributed by atoms with E-state index in [1.807, 2.05) is 19.1 Å². The number of ether oxygens (including phenoxy) is 2. The predicted molar refractivity (Wildman–Crippen MR) is 135 cm³/mol. The van der Waals surface area contributed by atoms with E-state index in [2.05, 4.69) is 11.0 Å². The molecule has 1 spiro atoms. The SMILES string of the molecule is Cc1cc(C#N)ccc1N1CCN(C(=O)C2C(C(=O)NO)CC3(CC3)CN2C(=O)OC2CCOCC2)CC1. The summed E-state index contributed by atoms with van der Waals surface area (Å²) in [5.41, 5.74) is 4.14. The second-order valence-electron chi connectivity index (χ2n) is 11.0. The predicted octanol–water partition coefficient (Wildman–Crippen LogP) is 1.81. The maximum absolute atomic E-state index is 14.0. The van der Waals surface area contributed by atoms with E-state index in [0.717, 1.165) is 24.1 Å². The molecule has 204 valence electrons. The lowest BCUT2D eigenvalue weighted by Gasteiger charge is -2.46. The van der Waals surface area contributed by atoms with Gasteiger partial charge >= 0.3 is 6.09 Å². The first-order valence-corrected chi connectivity index (χ1v) is 13.4. The minimum atomic E-state index is -1.04. The monoisotopic (exact) mass is 525 g/mol. The van der Waals surface area contributed by atoms with Crippen molar-refractivity contribution in [1.82, 2.24) is 15.3 Å². The molecule has 38 heavy (non-hydrogen) atoms. The van der Waals surface area contributed by atoms with Crippen LogP contribution in [0.15, 0.2) is 18.2 Å². The van der Waals surface area contributed by atoms with Gasteiger partial charge in [-0.25, -0.2) is 10.3 Å². The number of nitriles is 1. The molecule has 2 atom stereocenters. The normalized spacial score (nSPS) is 25.0. The lowest BCUT2D eigenvalue weighted by atomic mass is 9.80. The number of nitrogens with zero attached hydrogens (tertiary/aromatic N) is 4. The summed E-state index contributed by atoms with van der Waals surface area (Å²) in [6.07, 6.45) is 2.51. The number of carbonyl (C=O) groups is 3. The summed E-state index contributed by atoms with van der Waals surface area (Å²) in [6.45, 7) is 5.38. The molecule has 3 saturated heterocycles. The van der Waals surface area contributed by atoms with E-state index in [0.29, 0.717) is 70.8 Å². The molecule has 2 N–H and O–H groups in total. The van der Waals surface area contributed by atoms with Gasteiger partial charge in [-0.15, -0.1) is 0 Å². The van der Waals surface area contributed by atoms with Crippen LogP contribution < -0.4 is 10.4 Å². The van der Waals surface area contributed by atoms with E-state index in [1.54, 1.807) is 16.4 Å². The summed E-state index contributed by atoms with van der Waals surface area (Å²) in [5, 5.41) is 18.7. The number of hydrogen-bond acceptors (Lipinski definition) is 8. The van der Waals surface area contributed by atoms with Gasteiger partial charge in [-0.1, -0.05) is 0 Å². The van der Waals surface area contributed by atoms with Gasteiger partial charge < -0.3 is 19.3 Å². The Morgan fingerprint density at radius 3 is 2.47 bits per heavy atom. The number of hydrogen-bond donors (Lipinski definition) is 2. The van der Waals surface area contributed by atoms with Crippen molar-refractivity contribution in [2.24, 2.45) is 11.3 Å². The molecule has 0 aromatic heterocycles. The quantitative estimate of drug-likeness (QED) is 0.449. The molecule has 1 aromatic carbocycles. The number of likely N-dealkylation sites (tertiary alicyclic amines) is 1. The van der Waals surface area contributed by atoms with E-state index in [9.17, 15) is 19.6 Å². The van der Waals surface area contributed by atoms with Crippen LogP contribution in [0.4, 0.5) is 10.5 Å². The fourth-order valence-corrected chi connectivity index (χ4v) is 6.10. The van der Waals surface area contributed by atoms with Gasteiger partial charge in [0, 0.05) is 51.3 Å².